The first-order chi connectivity index (χ1) is 10.4. The molecule has 2 aliphatic rings. The highest BCUT2D eigenvalue weighted by Gasteiger charge is 2.38. The number of rotatable bonds is 2. The Bertz CT molecular complexity index is 609. The third-order valence-electron chi connectivity index (χ3n) is 4.07. The summed E-state index contributed by atoms with van der Waals surface area (Å²) in [5.74, 6) is -0.658. The van der Waals surface area contributed by atoms with Crippen LogP contribution >= 0.6 is 23.2 Å². The molecule has 2 heterocycles. The van der Waals surface area contributed by atoms with Crippen molar-refractivity contribution in [3.8, 4) is 0 Å². The second-order valence-electron chi connectivity index (χ2n) is 5.76. The molecule has 0 spiro atoms. The van der Waals surface area contributed by atoms with Crippen LogP contribution in [0.1, 0.15) is 34.6 Å². The lowest BCUT2D eigenvalue weighted by Crippen LogP contribution is -2.52. The van der Waals surface area contributed by atoms with Gasteiger partial charge < -0.3 is 4.74 Å². The van der Waals surface area contributed by atoms with Gasteiger partial charge in [0.25, 0.3) is 11.8 Å². The van der Waals surface area contributed by atoms with Crippen molar-refractivity contribution >= 4 is 35.0 Å². The van der Waals surface area contributed by atoms with Crippen LogP contribution in [0.15, 0.2) is 12.1 Å². The van der Waals surface area contributed by atoms with Crippen LogP contribution in [0.25, 0.3) is 0 Å². The number of nitrogens with zero attached hydrogens (tertiary/aromatic N) is 2. The minimum atomic E-state index is -0.329. The first kappa shape index (κ1) is 15.7. The zero-order chi connectivity index (χ0) is 16.0. The summed E-state index contributed by atoms with van der Waals surface area (Å²) >= 11 is 11.9. The Morgan fingerprint density at radius 2 is 1.68 bits per heavy atom. The molecular formula is C15H16Cl2N2O3. The molecule has 7 heteroatoms. The smallest absolute Gasteiger partial charge is 0.262 e. The maximum Gasteiger partial charge on any atom is 0.262 e. The Hall–Kier alpha value is -1.14. The molecule has 3 rings (SSSR count). The average Bonchev–Trinajstić information content (AvgIpc) is 2.69. The van der Waals surface area contributed by atoms with E-state index in [1.165, 1.54) is 17.0 Å². The number of morpholine rings is 1. The van der Waals surface area contributed by atoms with E-state index < -0.39 is 0 Å². The molecular weight excluding hydrogens is 327 g/mol. The SMILES string of the molecule is CC1CN(CN2C(=O)c3cc(Cl)c(Cl)cc3C2=O)C(C)CO1. The molecule has 1 fully saturated rings. The number of ether oxygens (including phenoxy) is 1. The first-order valence-corrected chi connectivity index (χ1v) is 7.85. The molecule has 118 valence electrons. The quantitative estimate of drug-likeness (QED) is 0.775. The van der Waals surface area contributed by atoms with E-state index >= 15 is 0 Å². The van der Waals surface area contributed by atoms with Gasteiger partial charge in [0.05, 0.1) is 40.6 Å². The van der Waals surface area contributed by atoms with Crippen LogP contribution in [-0.2, 0) is 4.74 Å². The number of carbonyl (C=O) groups excluding carboxylic acids is 2. The fourth-order valence-corrected chi connectivity index (χ4v) is 3.09. The molecule has 2 unspecified atom stereocenters. The molecule has 0 aliphatic carbocycles. The molecule has 0 N–H and O–H groups in total. The van der Waals surface area contributed by atoms with Crippen LogP contribution in [0, 0.1) is 0 Å². The summed E-state index contributed by atoms with van der Waals surface area (Å²) in [5, 5.41) is 0.550. The van der Waals surface area contributed by atoms with E-state index in [0.29, 0.717) is 24.3 Å². The van der Waals surface area contributed by atoms with Gasteiger partial charge in [-0.3, -0.25) is 19.4 Å². The van der Waals surface area contributed by atoms with Crippen LogP contribution in [0.3, 0.4) is 0 Å². The topological polar surface area (TPSA) is 49.9 Å². The van der Waals surface area contributed by atoms with Crippen LogP contribution in [0.4, 0.5) is 0 Å². The number of carbonyl (C=O) groups is 2. The van der Waals surface area contributed by atoms with Crippen molar-refractivity contribution in [3.05, 3.63) is 33.3 Å². The normalized spacial score (nSPS) is 25.7. The van der Waals surface area contributed by atoms with E-state index in [4.69, 9.17) is 27.9 Å². The number of hydrogen-bond donors (Lipinski definition) is 0. The highest BCUT2D eigenvalue weighted by molar-refractivity contribution is 6.43. The number of imide groups is 1. The van der Waals surface area contributed by atoms with Crippen LogP contribution in [-0.4, -0.2) is 53.6 Å². The lowest BCUT2D eigenvalue weighted by Gasteiger charge is -2.38. The number of hydrogen-bond acceptors (Lipinski definition) is 4. The highest BCUT2D eigenvalue weighted by Crippen LogP contribution is 2.31. The summed E-state index contributed by atoms with van der Waals surface area (Å²) < 4.78 is 5.57. The number of amides is 2. The maximum absolute atomic E-state index is 12.5. The van der Waals surface area contributed by atoms with E-state index in [1.54, 1.807) is 0 Å². The largest absolute Gasteiger partial charge is 0.376 e. The fourth-order valence-electron chi connectivity index (χ4n) is 2.76. The molecule has 1 saturated heterocycles. The van der Waals surface area contributed by atoms with E-state index in [9.17, 15) is 9.59 Å². The van der Waals surface area contributed by atoms with Gasteiger partial charge in [0.15, 0.2) is 0 Å². The summed E-state index contributed by atoms with van der Waals surface area (Å²) in [6.45, 7) is 5.49. The van der Waals surface area contributed by atoms with Crippen molar-refractivity contribution in [1.29, 1.82) is 0 Å². The molecule has 0 saturated carbocycles. The fraction of sp³-hybridized carbons (Fsp3) is 0.467. The van der Waals surface area contributed by atoms with Gasteiger partial charge in [-0.1, -0.05) is 23.2 Å². The highest BCUT2D eigenvalue weighted by atomic mass is 35.5. The third kappa shape index (κ3) is 2.63. The monoisotopic (exact) mass is 342 g/mol. The average molecular weight is 343 g/mol. The summed E-state index contributed by atoms with van der Waals surface area (Å²) in [5.41, 5.74) is 0.627. The molecule has 2 atom stereocenters. The van der Waals surface area contributed by atoms with Crippen LogP contribution < -0.4 is 0 Å². The molecule has 1 aromatic rings. The molecule has 2 amide bonds. The second-order valence-corrected chi connectivity index (χ2v) is 6.57. The van der Waals surface area contributed by atoms with Crippen molar-refractivity contribution in [2.45, 2.75) is 26.0 Å². The van der Waals surface area contributed by atoms with Gasteiger partial charge in [0, 0.05) is 12.6 Å². The van der Waals surface area contributed by atoms with Gasteiger partial charge in [0.2, 0.25) is 0 Å². The zero-order valence-electron chi connectivity index (χ0n) is 12.3. The predicted molar refractivity (Wildman–Crippen MR) is 83.4 cm³/mol. The number of halogens is 2. The zero-order valence-corrected chi connectivity index (χ0v) is 13.8. The molecule has 0 bridgehead atoms. The van der Waals surface area contributed by atoms with Crippen molar-refractivity contribution in [3.63, 3.8) is 0 Å². The van der Waals surface area contributed by atoms with Gasteiger partial charge in [-0.05, 0) is 26.0 Å². The Morgan fingerprint density at radius 1 is 1.14 bits per heavy atom. The minimum Gasteiger partial charge on any atom is -0.376 e. The molecule has 5 nitrogen and oxygen atoms in total. The van der Waals surface area contributed by atoms with E-state index in [1.807, 2.05) is 13.8 Å². The molecule has 0 radical (unpaired) electrons. The third-order valence-corrected chi connectivity index (χ3v) is 4.79. The summed E-state index contributed by atoms with van der Waals surface area (Å²) in [6.07, 6.45) is 0.0790. The van der Waals surface area contributed by atoms with Gasteiger partial charge in [0.1, 0.15) is 0 Å². The van der Waals surface area contributed by atoms with Crippen molar-refractivity contribution < 1.29 is 14.3 Å². The molecule has 0 aromatic heterocycles. The summed E-state index contributed by atoms with van der Waals surface area (Å²) in [7, 11) is 0. The van der Waals surface area contributed by atoms with Crippen LogP contribution in [0.2, 0.25) is 10.0 Å². The van der Waals surface area contributed by atoms with Crippen LogP contribution in [0.5, 0.6) is 0 Å². The van der Waals surface area contributed by atoms with Gasteiger partial charge >= 0.3 is 0 Å². The van der Waals surface area contributed by atoms with E-state index in [-0.39, 0.29) is 40.7 Å². The standard InChI is InChI=1S/C15H16Cl2N2O3/c1-8-6-22-9(2)5-18(8)7-19-14(20)10-3-12(16)13(17)4-11(10)15(19)21/h3-4,8-9H,5-7H2,1-2H3. The Morgan fingerprint density at radius 3 is 2.23 bits per heavy atom. The second kappa shape index (κ2) is 5.81. The van der Waals surface area contributed by atoms with E-state index in [2.05, 4.69) is 4.90 Å². The van der Waals surface area contributed by atoms with Crippen molar-refractivity contribution in [2.75, 3.05) is 19.8 Å². The van der Waals surface area contributed by atoms with Gasteiger partial charge in [-0.2, -0.15) is 0 Å². The van der Waals surface area contributed by atoms with Gasteiger partial charge in [-0.15, -0.1) is 0 Å². The first-order valence-electron chi connectivity index (χ1n) is 7.09. The summed E-state index contributed by atoms with van der Waals surface area (Å²) in [4.78, 5) is 28.3. The lowest BCUT2D eigenvalue weighted by molar-refractivity contribution is -0.0607. The van der Waals surface area contributed by atoms with Crippen molar-refractivity contribution in [2.24, 2.45) is 0 Å². The predicted octanol–water partition coefficient (Wildman–Crippen LogP) is 2.66. The summed E-state index contributed by atoms with van der Waals surface area (Å²) in [6, 6.07) is 3.07. The number of benzene rings is 1. The Kier molecular flexibility index (Phi) is 4.16. The lowest BCUT2D eigenvalue weighted by atomic mass is 10.1. The molecule has 1 aromatic carbocycles. The van der Waals surface area contributed by atoms with E-state index in [0.717, 1.165) is 0 Å². The van der Waals surface area contributed by atoms with Crippen molar-refractivity contribution in [1.82, 2.24) is 9.80 Å². The Balaban J connectivity index is 1.84. The Labute approximate surface area is 138 Å². The molecule has 22 heavy (non-hydrogen) atoms. The minimum absolute atomic E-state index is 0.0790. The number of fused-ring (bicyclic) bond motifs is 1. The maximum atomic E-state index is 12.5. The van der Waals surface area contributed by atoms with Gasteiger partial charge in [-0.25, -0.2) is 0 Å². The molecule has 2 aliphatic heterocycles.